The van der Waals surface area contributed by atoms with Crippen molar-refractivity contribution in [3.8, 4) is 11.5 Å². The van der Waals surface area contributed by atoms with E-state index in [9.17, 15) is 13.2 Å². The Bertz CT molecular complexity index is 927. The van der Waals surface area contributed by atoms with Gasteiger partial charge in [-0.2, -0.15) is 0 Å². The van der Waals surface area contributed by atoms with Crippen molar-refractivity contribution in [2.45, 2.75) is 24.8 Å². The number of anilines is 1. The molecule has 8 heteroatoms. The molecular formula is C18H20N2O5S. The van der Waals surface area contributed by atoms with E-state index in [2.05, 4.69) is 10.0 Å². The lowest BCUT2D eigenvalue weighted by Crippen LogP contribution is -2.28. The molecule has 1 amide bonds. The van der Waals surface area contributed by atoms with Crippen molar-refractivity contribution in [3.05, 3.63) is 48.0 Å². The first-order valence-electron chi connectivity index (χ1n) is 8.21. The molecule has 0 radical (unpaired) electrons. The number of sulfonamides is 1. The van der Waals surface area contributed by atoms with Gasteiger partial charge in [-0.05, 0) is 49.7 Å². The molecule has 138 valence electrons. The van der Waals surface area contributed by atoms with Gasteiger partial charge in [-0.1, -0.05) is 12.1 Å². The normalized spacial score (nSPS) is 14.8. The van der Waals surface area contributed by atoms with Crippen LogP contribution in [0.3, 0.4) is 0 Å². The second-order valence-electron chi connectivity index (χ2n) is 5.84. The highest BCUT2D eigenvalue weighted by atomic mass is 32.2. The molecule has 0 fully saturated rings. The van der Waals surface area contributed by atoms with Crippen LogP contribution in [0, 0.1) is 0 Å². The molecular weight excluding hydrogens is 356 g/mol. The molecule has 2 aromatic rings. The molecule has 1 aliphatic heterocycles. The third-order valence-electron chi connectivity index (χ3n) is 3.90. The van der Waals surface area contributed by atoms with Crippen LogP contribution >= 0.6 is 0 Å². The molecule has 0 saturated heterocycles. The molecule has 0 aliphatic carbocycles. The molecule has 0 spiro atoms. The van der Waals surface area contributed by atoms with E-state index in [-0.39, 0.29) is 17.4 Å². The molecule has 0 saturated carbocycles. The minimum absolute atomic E-state index is 0.0508. The van der Waals surface area contributed by atoms with Crippen LogP contribution in [-0.2, 0) is 14.8 Å². The van der Waals surface area contributed by atoms with Gasteiger partial charge in [-0.3, -0.25) is 4.79 Å². The fourth-order valence-corrected chi connectivity index (χ4v) is 3.90. The van der Waals surface area contributed by atoms with Gasteiger partial charge in [0.05, 0.1) is 17.2 Å². The SMILES string of the molecule is CCOc1cccc(C(C)NS(=O)(=O)c2ccc3c(c2)NC(=O)CO3)c1. The first-order chi connectivity index (χ1) is 12.4. The number of rotatable bonds is 6. The fraction of sp³-hybridized carbons (Fsp3) is 0.278. The molecule has 2 N–H and O–H groups in total. The largest absolute Gasteiger partial charge is 0.494 e. The molecule has 0 aromatic heterocycles. The highest BCUT2D eigenvalue weighted by Crippen LogP contribution is 2.30. The zero-order chi connectivity index (χ0) is 18.7. The summed E-state index contributed by atoms with van der Waals surface area (Å²) in [5.41, 5.74) is 1.13. The monoisotopic (exact) mass is 376 g/mol. The predicted octanol–water partition coefficient (Wildman–Crippen LogP) is 2.46. The van der Waals surface area contributed by atoms with Crippen LogP contribution in [0.4, 0.5) is 5.69 Å². The van der Waals surface area contributed by atoms with Crippen LogP contribution in [0.2, 0.25) is 0 Å². The molecule has 26 heavy (non-hydrogen) atoms. The van der Waals surface area contributed by atoms with Gasteiger partial charge in [-0.15, -0.1) is 0 Å². The van der Waals surface area contributed by atoms with E-state index in [0.29, 0.717) is 23.8 Å². The Kier molecular flexibility index (Phi) is 5.15. The van der Waals surface area contributed by atoms with Crippen LogP contribution in [0.5, 0.6) is 11.5 Å². The highest BCUT2D eigenvalue weighted by Gasteiger charge is 2.23. The van der Waals surface area contributed by atoms with E-state index in [1.807, 2.05) is 25.1 Å². The Hall–Kier alpha value is -2.58. The first kappa shape index (κ1) is 18.2. The summed E-state index contributed by atoms with van der Waals surface area (Å²) >= 11 is 0. The predicted molar refractivity (Wildman–Crippen MR) is 96.9 cm³/mol. The summed E-state index contributed by atoms with van der Waals surface area (Å²) in [6.07, 6.45) is 0. The summed E-state index contributed by atoms with van der Waals surface area (Å²) in [4.78, 5) is 11.5. The smallest absolute Gasteiger partial charge is 0.262 e. The third-order valence-corrected chi connectivity index (χ3v) is 5.43. The maximum atomic E-state index is 12.7. The highest BCUT2D eigenvalue weighted by molar-refractivity contribution is 7.89. The Morgan fingerprint density at radius 3 is 2.85 bits per heavy atom. The van der Waals surface area contributed by atoms with E-state index in [4.69, 9.17) is 9.47 Å². The molecule has 2 aromatic carbocycles. The van der Waals surface area contributed by atoms with Crippen molar-refractivity contribution in [2.24, 2.45) is 0 Å². The van der Waals surface area contributed by atoms with Crippen molar-refractivity contribution in [1.29, 1.82) is 0 Å². The fourth-order valence-electron chi connectivity index (χ4n) is 2.64. The standard InChI is InChI=1S/C18H20N2O5S/c1-3-24-14-6-4-5-13(9-14)12(2)20-26(22,23)15-7-8-17-16(10-15)19-18(21)11-25-17/h4-10,12,20H,3,11H2,1-2H3,(H,19,21). The number of hydrogen-bond acceptors (Lipinski definition) is 5. The number of fused-ring (bicyclic) bond motifs is 1. The number of hydrogen-bond donors (Lipinski definition) is 2. The minimum Gasteiger partial charge on any atom is -0.494 e. The average Bonchev–Trinajstić information content (AvgIpc) is 2.61. The van der Waals surface area contributed by atoms with E-state index in [1.54, 1.807) is 13.0 Å². The van der Waals surface area contributed by atoms with Crippen LogP contribution in [0.15, 0.2) is 47.4 Å². The van der Waals surface area contributed by atoms with Crippen molar-refractivity contribution in [1.82, 2.24) is 4.72 Å². The molecule has 3 rings (SSSR count). The molecule has 1 unspecified atom stereocenters. The van der Waals surface area contributed by atoms with Gasteiger partial charge in [0, 0.05) is 6.04 Å². The van der Waals surface area contributed by atoms with Gasteiger partial charge in [0.15, 0.2) is 6.61 Å². The number of ether oxygens (including phenoxy) is 2. The number of carbonyl (C=O) groups is 1. The van der Waals surface area contributed by atoms with Gasteiger partial charge in [0.1, 0.15) is 11.5 Å². The van der Waals surface area contributed by atoms with Gasteiger partial charge < -0.3 is 14.8 Å². The quantitative estimate of drug-likeness (QED) is 0.808. The maximum absolute atomic E-state index is 12.7. The second kappa shape index (κ2) is 7.35. The zero-order valence-corrected chi connectivity index (χ0v) is 15.3. The minimum atomic E-state index is -3.78. The van der Waals surface area contributed by atoms with Crippen molar-refractivity contribution in [2.75, 3.05) is 18.5 Å². The average molecular weight is 376 g/mol. The Morgan fingerprint density at radius 1 is 1.27 bits per heavy atom. The first-order valence-corrected chi connectivity index (χ1v) is 9.69. The number of nitrogens with one attached hydrogen (secondary N) is 2. The van der Waals surface area contributed by atoms with Gasteiger partial charge in [-0.25, -0.2) is 13.1 Å². The van der Waals surface area contributed by atoms with Crippen molar-refractivity contribution in [3.63, 3.8) is 0 Å². The lowest BCUT2D eigenvalue weighted by Gasteiger charge is -2.20. The van der Waals surface area contributed by atoms with Crippen LogP contribution in [0.1, 0.15) is 25.5 Å². The van der Waals surface area contributed by atoms with Crippen LogP contribution in [0.25, 0.3) is 0 Å². The lowest BCUT2D eigenvalue weighted by molar-refractivity contribution is -0.118. The number of benzene rings is 2. The number of amides is 1. The Morgan fingerprint density at radius 2 is 2.08 bits per heavy atom. The summed E-state index contributed by atoms with van der Waals surface area (Å²) in [6.45, 7) is 4.10. The molecule has 0 bridgehead atoms. The summed E-state index contributed by atoms with van der Waals surface area (Å²) in [5, 5.41) is 2.61. The van der Waals surface area contributed by atoms with E-state index < -0.39 is 16.1 Å². The maximum Gasteiger partial charge on any atom is 0.262 e. The molecule has 7 nitrogen and oxygen atoms in total. The van der Waals surface area contributed by atoms with Gasteiger partial charge >= 0.3 is 0 Å². The molecule has 1 aliphatic rings. The summed E-state index contributed by atoms with van der Waals surface area (Å²) in [5.74, 6) is 0.812. The van der Waals surface area contributed by atoms with E-state index in [1.165, 1.54) is 18.2 Å². The second-order valence-corrected chi connectivity index (χ2v) is 7.56. The van der Waals surface area contributed by atoms with Crippen molar-refractivity contribution >= 4 is 21.6 Å². The van der Waals surface area contributed by atoms with E-state index in [0.717, 1.165) is 5.56 Å². The summed E-state index contributed by atoms with van der Waals surface area (Å²) < 4.78 is 38.7. The van der Waals surface area contributed by atoms with Crippen LogP contribution < -0.4 is 19.5 Å². The van der Waals surface area contributed by atoms with Crippen molar-refractivity contribution < 1.29 is 22.7 Å². The number of carbonyl (C=O) groups excluding carboxylic acids is 1. The van der Waals surface area contributed by atoms with E-state index >= 15 is 0 Å². The molecule has 1 heterocycles. The Labute approximate surface area is 152 Å². The van der Waals surface area contributed by atoms with Gasteiger partial charge in [0.2, 0.25) is 10.0 Å². The zero-order valence-electron chi connectivity index (χ0n) is 14.5. The van der Waals surface area contributed by atoms with Crippen LogP contribution in [-0.4, -0.2) is 27.5 Å². The Balaban J connectivity index is 1.81. The topological polar surface area (TPSA) is 93.7 Å². The lowest BCUT2D eigenvalue weighted by atomic mass is 10.1. The molecule has 1 atom stereocenters. The summed E-state index contributed by atoms with van der Waals surface area (Å²) in [6, 6.07) is 11.2. The summed E-state index contributed by atoms with van der Waals surface area (Å²) in [7, 11) is -3.78. The van der Waals surface area contributed by atoms with Gasteiger partial charge in [0.25, 0.3) is 5.91 Å². The third kappa shape index (κ3) is 3.97.